The number of para-hydroxylation sites is 2. The van der Waals surface area contributed by atoms with E-state index in [0.29, 0.717) is 5.89 Å². The molecule has 6 rings (SSSR count). The van der Waals surface area contributed by atoms with Gasteiger partial charge in [-0.05, 0) is 0 Å². The van der Waals surface area contributed by atoms with Crippen LogP contribution in [0, 0.1) is 6.92 Å². The molecular formula is C32H25BrNOP. The van der Waals surface area contributed by atoms with Gasteiger partial charge in [0.2, 0.25) is 0 Å². The Morgan fingerprint density at radius 3 is 1.64 bits per heavy atom. The zero-order valence-electron chi connectivity index (χ0n) is 19.9. The number of halogens is 1. The van der Waals surface area contributed by atoms with E-state index in [0.717, 1.165) is 16.7 Å². The number of aryl methyl sites for hydroxylation is 1. The molecule has 176 valence electrons. The Morgan fingerprint density at radius 1 is 0.611 bits per heavy atom. The van der Waals surface area contributed by atoms with Gasteiger partial charge in [-0.2, -0.15) is 0 Å². The molecule has 0 amide bonds. The number of hydrogen-bond acceptors (Lipinski definition) is 2. The topological polar surface area (TPSA) is 26.0 Å². The SMILES string of the molecule is Cc1ccc(-c2nc3ccccc3o2)cc1P(Br)(c1ccccc1)(c1ccccc1)c1ccccc1. The van der Waals surface area contributed by atoms with Gasteiger partial charge in [0.05, 0.1) is 0 Å². The van der Waals surface area contributed by atoms with Crippen molar-refractivity contribution in [2.75, 3.05) is 0 Å². The van der Waals surface area contributed by atoms with Gasteiger partial charge in [0, 0.05) is 0 Å². The second-order valence-electron chi connectivity index (χ2n) is 9.00. The molecule has 0 saturated heterocycles. The Hall–Kier alpha value is -3.52. The van der Waals surface area contributed by atoms with Gasteiger partial charge in [-0.15, -0.1) is 0 Å². The van der Waals surface area contributed by atoms with Crippen molar-refractivity contribution < 1.29 is 4.42 Å². The van der Waals surface area contributed by atoms with Gasteiger partial charge in [-0.3, -0.25) is 0 Å². The number of rotatable bonds is 5. The van der Waals surface area contributed by atoms with Crippen LogP contribution in [-0.4, -0.2) is 4.98 Å². The standard InChI is InChI=1S/C32H25BrNOP/c1-24-21-22-25(32-34-29-19-11-12-20-30(29)35-32)23-31(24)36(33,26-13-5-2-6-14-26,27-15-7-3-8-16-27)28-17-9-4-10-18-28/h2-23H,1H3. The number of aromatic nitrogens is 1. The van der Waals surface area contributed by atoms with Crippen LogP contribution in [0.3, 0.4) is 0 Å². The van der Waals surface area contributed by atoms with E-state index < -0.39 is 5.31 Å². The minimum atomic E-state index is -3.33. The van der Waals surface area contributed by atoms with Crippen molar-refractivity contribution in [2.45, 2.75) is 6.92 Å². The van der Waals surface area contributed by atoms with Gasteiger partial charge in [0.25, 0.3) is 0 Å². The Balaban J connectivity index is 1.74. The molecule has 0 fully saturated rings. The molecule has 1 aromatic heterocycles. The van der Waals surface area contributed by atoms with Crippen molar-refractivity contribution in [3.8, 4) is 11.5 Å². The molecular weight excluding hydrogens is 525 g/mol. The zero-order chi connectivity index (χ0) is 24.6. The van der Waals surface area contributed by atoms with Crippen molar-refractivity contribution in [3.63, 3.8) is 0 Å². The number of nitrogens with zero attached hydrogens (tertiary/aromatic N) is 1. The molecule has 4 heteroatoms. The van der Waals surface area contributed by atoms with Crippen molar-refractivity contribution in [2.24, 2.45) is 0 Å². The Bertz CT molecular complexity index is 1530. The number of fused-ring (bicyclic) bond motifs is 1. The molecule has 5 aromatic carbocycles. The summed E-state index contributed by atoms with van der Waals surface area (Å²) in [6.07, 6.45) is 0. The zero-order valence-corrected chi connectivity index (χ0v) is 22.4. The monoisotopic (exact) mass is 549 g/mol. The van der Waals surface area contributed by atoms with E-state index >= 15 is 0 Å². The molecule has 0 saturated carbocycles. The predicted octanol–water partition coefficient (Wildman–Crippen LogP) is 7.27. The van der Waals surface area contributed by atoms with Crippen LogP contribution in [0.4, 0.5) is 0 Å². The Kier molecular flexibility index (Phi) is 5.63. The van der Waals surface area contributed by atoms with Crippen molar-refractivity contribution in [1.29, 1.82) is 0 Å². The molecule has 0 spiro atoms. The third-order valence-electron chi connectivity index (χ3n) is 6.93. The molecule has 0 aliphatic heterocycles. The molecule has 0 N–H and O–H groups in total. The summed E-state index contributed by atoms with van der Waals surface area (Å²) in [6, 6.07) is 47.0. The summed E-state index contributed by atoms with van der Waals surface area (Å²) in [5.41, 5.74) is 3.82. The summed E-state index contributed by atoms with van der Waals surface area (Å²) in [6.45, 7) is 2.20. The molecule has 0 aliphatic carbocycles. The fourth-order valence-electron chi connectivity index (χ4n) is 5.18. The van der Waals surface area contributed by atoms with Crippen LogP contribution in [-0.2, 0) is 0 Å². The molecule has 0 aliphatic rings. The number of benzene rings is 5. The van der Waals surface area contributed by atoms with E-state index in [9.17, 15) is 0 Å². The van der Waals surface area contributed by atoms with Gasteiger partial charge in [-0.1, -0.05) is 0 Å². The van der Waals surface area contributed by atoms with E-state index in [1.54, 1.807) is 0 Å². The fourth-order valence-corrected chi connectivity index (χ4v) is 13.5. The third kappa shape index (κ3) is 3.38. The van der Waals surface area contributed by atoms with Crippen LogP contribution in [0.15, 0.2) is 138 Å². The first kappa shape index (κ1) is 22.9. The first-order chi connectivity index (χ1) is 17.6. The van der Waals surface area contributed by atoms with Crippen LogP contribution >= 0.6 is 20.8 Å². The normalized spacial score (nSPS) is 12.8. The molecule has 2 nitrogen and oxygen atoms in total. The van der Waals surface area contributed by atoms with Gasteiger partial charge < -0.3 is 0 Å². The average Bonchev–Trinajstić information content (AvgIpc) is 3.39. The summed E-state index contributed by atoms with van der Waals surface area (Å²) >= 11 is 4.60. The summed E-state index contributed by atoms with van der Waals surface area (Å²) in [4.78, 5) is 4.81. The summed E-state index contributed by atoms with van der Waals surface area (Å²) in [5.74, 6) is 0.629. The molecule has 0 atom stereocenters. The quantitative estimate of drug-likeness (QED) is 0.211. The fraction of sp³-hybridized carbons (Fsp3) is 0.0312. The second kappa shape index (κ2) is 8.85. The van der Waals surface area contributed by atoms with Gasteiger partial charge in [0.15, 0.2) is 0 Å². The molecule has 0 bridgehead atoms. The van der Waals surface area contributed by atoms with Crippen LogP contribution in [0.1, 0.15) is 5.56 Å². The molecule has 36 heavy (non-hydrogen) atoms. The van der Waals surface area contributed by atoms with Gasteiger partial charge in [0.1, 0.15) is 0 Å². The van der Waals surface area contributed by atoms with E-state index in [4.69, 9.17) is 9.40 Å². The molecule has 0 unspecified atom stereocenters. The van der Waals surface area contributed by atoms with Gasteiger partial charge >= 0.3 is 220 Å². The molecule has 6 aromatic rings. The van der Waals surface area contributed by atoms with E-state index in [2.05, 4.69) is 132 Å². The third-order valence-corrected chi connectivity index (χ3v) is 16.9. The van der Waals surface area contributed by atoms with Crippen molar-refractivity contribution in [3.05, 3.63) is 139 Å². The van der Waals surface area contributed by atoms with Crippen molar-refractivity contribution in [1.82, 2.24) is 4.98 Å². The van der Waals surface area contributed by atoms with E-state index in [1.807, 2.05) is 24.3 Å². The molecule has 0 radical (unpaired) electrons. The van der Waals surface area contributed by atoms with Crippen LogP contribution < -0.4 is 21.2 Å². The minimum absolute atomic E-state index is 0.629. The second-order valence-corrected chi connectivity index (χ2v) is 17.3. The Labute approximate surface area is 219 Å². The maximum absolute atomic E-state index is 6.20. The first-order valence-electron chi connectivity index (χ1n) is 12.0. The first-order valence-corrected chi connectivity index (χ1v) is 16.2. The van der Waals surface area contributed by atoms with Crippen LogP contribution in [0.2, 0.25) is 0 Å². The summed E-state index contributed by atoms with van der Waals surface area (Å²) in [5, 5.41) is 1.65. The number of hydrogen-bond donors (Lipinski definition) is 0. The Morgan fingerprint density at radius 2 is 1.11 bits per heavy atom. The van der Waals surface area contributed by atoms with E-state index in [-0.39, 0.29) is 0 Å². The van der Waals surface area contributed by atoms with Gasteiger partial charge in [-0.25, -0.2) is 0 Å². The predicted molar refractivity (Wildman–Crippen MR) is 158 cm³/mol. The van der Waals surface area contributed by atoms with Crippen LogP contribution in [0.5, 0.6) is 0 Å². The van der Waals surface area contributed by atoms with E-state index in [1.165, 1.54) is 26.8 Å². The van der Waals surface area contributed by atoms with Crippen LogP contribution in [0.25, 0.3) is 22.6 Å². The summed E-state index contributed by atoms with van der Waals surface area (Å²) < 4.78 is 6.20. The average molecular weight is 550 g/mol. The molecule has 1 heterocycles. The maximum atomic E-state index is 6.20. The number of oxazole rings is 1. The van der Waals surface area contributed by atoms with Crippen molar-refractivity contribution >= 4 is 53.1 Å². The summed E-state index contributed by atoms with van der Waals surface area (Å²) in [7, 11) is 0.